The summed E-state index contributed by atoms with van der Waals surface area (Å²) in [6.07, 6.45) is 2.54. The van der Waals surface area contributed by atoms with Gasteiger partial charge in [0.25, 0.3) is 0 Å². The van der Waals surface area contributed by atoms with Crippen molar-refractivity contribution in [2.24, 2.45) is 9.98 Å². The van der Waals surface area contributed by atoms with Gasteiger partial charge in [-0.25, -0.2) is 18.4 Å². The van der Waals surface area contributed by atoms with Gasteiger partial charge < -0.3 is 29.5 Å². The first-order chi connectivity index (χ1) is 20.1. The lowest BCUT2D eigenvalue weighted by atomic mass is 10.2. The summed E-state index contributed by atoms with van der Waals surface area (Å²) in [4.78, 5) is 62.6. The second kappa shape index (κ2) is 13.3. The number of cyclic esters (lactones) is 1. The fraction of sp³-hybridized carbons (Fsp3) is 0.462. The van der Waals surface area contributed by atoms with Crippen LogP contribution in [0.5, 0.6) is 0 Å². The zero-order valence-electron chi connectivity index (χ0n) is 23.4. The molecule has 42 heavy (non-hydrogen) atoms. The highest BCUT2D eigenvalue weighted by Crippen LogP contribution is 2.31. The average molecular weight is 591 g/mol. The number of amidine groups is 1. The first-order valence-electron chi connectivity index (χ1n) is 13.2. The molecule has 2 N–H and O–H groups in total. The molecular formula is C26H32F2N8O6. The molecule has 226 valence electrons. The minimum absolute atomic E-state index is 0.0686. The molecule has 0 aromatic heterocycles. The molecule has 4 rings (SSSR count). The number of carbonyl (C=O) groups excluding carboxylic acids is 4. The summed E-state index contributed by atoms with van der Waals surface area (Å²) in [5.41, 5.74) is -0.338. The molecule has 2 unspecified atom stereocenters. The van der Waals surface area contributed by atoms with Gasteiger partial charge in [-0.3, -0.25) is 29.8 Å². The van der Waals surface area contributed by atoms with E-state index in [4.69, 9.17) is 4.74 Å². The number of amides is 4. The van der Waals surface area contributed by atoms with Crippen LogP contribution in [0.15, 0.2) is 34.5 Å². The number of anilines is 2. The molecule has 0 saturated carbocycles. The van der Waals surface area contributed by atoms with Crippen LogP contribution in [0.3, 0.4) is 0 Å². The molecule has 14 nitrogen and oxygen atoms in total. The van der Waals surface area contributed by atoms with Crippen molar-refractivity contribution >= 4 is 47.4 Å². The second-order valence-electron chi connectivity index (χ2n) is 9.58. The summed E-state index contributed by atoms with van der Waals surface area (Å²) in [6, 6.07) is 1.40. The van der Waals surface area contributed by atoms with E-state index in [-0.39, 0.29) is 55.9 Å². The first kappa shape index (κ1) is 30.2. The Hall–Kier alpha value is -4.76. The largest absolute Gasteiger partial charge is 0.453 e. The number of rotatable bonds is 11. The number of hydrogen-bond acceptors (Lipinski definition) is 10. The normalized spacial score (nSPS) is 18.8. The molecule has 0 spiro atoms. The molecule has 1 aromatic rings. The van der Waals surface area contributed by atoms with E-state index < -0.39 is 36.1 Å². The highest BCUT2D eigenvalue weighted by atomic mass is 19.1. The molecule has 3 heterocycles. The Kier molecular flexibility index (Phi) is 9.54. The number of methoxy groups -OCH3 is 1. The standard InChI is InChI=1S/C26H32F2N8O6/c1-4-34(23-17(27)10-16(11-18(23)28)36-15-21(42-26(36)40)32-25(39)41-3)8-5-7-33(2)22(37)13-30-24(38)19-14-35-9-6-29-12-20(35)31-19/h6,9-12,19,21H,4-5,7-8,13-15H2,1-3H3,(H,30,38)(H,32,39). The van der Waals surface area contributed by atoms with E-state index in [0.717, 1.165) is 24.1 Å². The number of carbonyl (C=O) groups is 4. The van der Waals surface area contributed by atoms with Crippen LogP contribution in [0, 0.1) is 11.6 Å². The maximum Gasteiger partial charge on any atom is 0.416 e. The number of halogens is 2. The number of aliphatic imine (C=N–C) groups is 2. The number of nitrogens with zero attached hydrogens (tertiary/aromatic N) is 6. The molecule has 3 aliphatic rings. The van der Waals surface area contributed by atoms with Crippen molar-refractivity contribution in [2.45, 2.75) is 25.6 Å². The molecule has 1 aromatic carbocycles. The summed E-state index contributed by atoms with van der Waals surface area (Å²) >= 11 is 0. The van der Waals surface area contributed by atoms with Gasteiger partial charge in [-0.2, -0.15) is 0 Å². The number of nitrogens with one attached hydrogen (secondary N) is 2. The van der Waals surface area contributed by atoms with Gasteiger partial charge in [0, 0.05) is 51.2 Å². The molecule has 1 fully saturated rings. The van der Waals surface area contributed by atoms with E-state index in [1.54, 1.807) is 37.5 Å². The Morgan fingerprint density at radius 3 is 2.60 bits per heavy atom. The monoisotopic (exact) mass is 590 g/mol. The molecule has 3 aliphatic heterocycles. The smallest absolute Gasteiger partial charge is 0.416 e. The lowest BCUT2D eigenvalue weighted by Crippen LogP contribution is -2.43. The van der Waals surface area contributed by atoms with Gasteiger partial charge in [0.2, 0.25) is 11.8 Å². The predicted molar refractivity (Wildman–Crippen MR) is 148 cm³/mol. The molecular weight excluding hydrogens is 558 g/mol. The van der Waals surface area contributed by atoms with Crippen LogP contribution in [0.25, 0.3) is 0 Å². The quantitative estimate of drug-likeness (QED) is 0.388. The van der Waals surface area contributed by atoms with E-state index in [1.165, 1.54) is 9.80 Å². The molecule has 1 saturated heterocycles. The fourth-order valence-electron chi connectivity index (χ4n) is 4.59. The number of benzene rings is 1. The van der Waals surface area contributed by atoms with E-state index >= 15 is 8.78 Å². The molecule has 2 atom stereocenters. The zero-order chi connectivity index (χ0) is 30.4. The number of ether oxygens (including phenoxy) is 2. The zero-order valence-corrected chi connectivity index (χ0v) is 23.4. The third kappa shape index (κ3) is 6.92. The van der Waals surface area contributed by atoms with Gasteiger partial charge in [-0.15, -0.1) is 0 Å². The van der Waals surface area contributed by atoms with E-state index in [2.05, 4.69) is 25.4 Å². The molecule has 0 aliphatic carbocycles. The van der Waals surface area contributed by atoms with Crippen LogP contribution < -0.4 is 20.4 Å². The molecule has 0 bridgehead atoms. The third-order valence-corrected chi connectivity index (χ3v) is 6.83. The van der Waals surface area contributed by atoms with Gasteiger partial charge >= 0.3 is 12.2 Å². The summed E-state index contributed by atoms with van der Waals surface area (Å²) in [5.74, 6) is -1.88. The van der Waals surface area contributed by atoms with E-state index in [1.807, 2.05) is 0 Å². The lowest BCUT2D eigenvalue weighted by Gasteiger charge is -2.26. The Morgan fingerprint density at radius 2 is 1.93 bits per heavy atom. The minimum atomic E-state index is -1.04. The van der Waals surface area contributed by atoms with Crippen LogP contribution in [0.4, 0.5) is 29.7 Å². The molecule has 4 amide bonds. The summed E-state index contributed by atoms with van der Waals surface area (Å²) < 4.78 is 39.7. The topological polar surface area (TPSA) is 148 Å². The summed E-state index contributed by atoms with van der Waals surface area (Å²) in [5, 5.41) is 4.91. The van der Waals surface area contributed by atoms with Crippen molar-refractivity contribution in [1.82, 2.24) is 20.4 Å². The number of alkyl carbamates (subject to hydrolysis) is 1. The maximum atomic E-state index is 15.1. The maximum absolute atomic E-state index is 15.1. The second-order valence-corrected chi connectivity index (χ2v) is 9.58. The third-order valence-electron chi connectivity index (χ3n) is 6.83. The van der Waals surface area contributed by atoms with Crippen LogP contribution in [0.1, 0.15) is 13.3 Å². The summed E-state index contributed by atoms with van der Waals surface area (Å²) in [7, 11) is 2.73. The predicted octanol–water partition coefficient (Wildman–Crippen LogP) is 1.03. The fourth-order valence-corrected chi connectivity index (χ4v) is 4.59. The van der Waals surface area contributed by atoms with E-state index in [9.17, 15) is 19.2 Å². The highest BCUT2D eigenvalue weighted by molar-refractivity contribution is 6.31. The van der Waals surface area contributed by atoms with Gasteiger partial charge in [-0.05, 0) is 13.3 Å². The van der Waals surface area contributed by atoms with Crippen molar-refractivity contribution in [3.8, 4) is 0 Å². The Labute approximate surface area is 240 Å². The summed E-state index contributed by atoms with van der Waals surface area (Å²) in [6.45, 7) is 2.51. The molecule has 0 radical (unpaired) electrons. The van der Waals surface area contributed by atoms with Gasteiger partial charge in [0.15, 0.2) is 17.9 Å². The van der Waals surface area contributed by atoms with Gasteiger partial charge in [0.1, 0.15) is 17.6 Å². The SMILES string of the molecule is CCN(CCCN(C)C(=O)CNC(=O)C1CN2C=CN=CC2=N1)c1c(F)cc(N2CC(NC(=O)OC)OC2=O)cc1F. The number of fused-ring (bicyclic) bond motifs is 1. The number of likely N-dealkylation sites (N-methyl/N-ethyl adjacent to an activating group) is 1. The molecule has 16 heteroatoms. The Bertz CT molecular complexity index is 1300. The minimum Gasteiger partial charge on any atom is -0.453 e. The van der Waals surface area contributed by atoms with Crippen LogP contribution in [-0.2, 0) is 19.1 Å². The van der Waals surface area contributed by atoms with Gasteiger partial charge in [-0.1, -0.05) is 0 Å². The van der Waals surface area contributed by atoms with Gasteiger partial charge in [0.05, 0.1) is 38.6 Å². The average Bonchev–Trinajstić information content (AvgIpc) is 3.57. The van der Waals surface area contributed by atoms with Crippen LogP contribution in [0.2, 0.25) is 0 Å². The van der Waals surface area contributed by atoms with Crippen molar-refractivity contribution in [3.05, 3.63) is 36.2 Å². The van der Waals surface area contributed by atoms with Crippen molar-refractivity contribution in [3.63, 3.8) is 0 Å². The Morgan fingerprint density at radius 1 is 1.19 bits per heavy atom. The van der Waals surface area contributed by atoms with Crippen LogP contribution in [-0.4, -0.2) is 112 Å². The van der Waals surface area contributed by atoms with Crippen molar-refractivity contribution in [1.29, 1.82) is 0 Å². The first-order valence-corrected chi connectivity index (χ1v) is 13.2. The highest BCUT2D eigenvalue weighted by Gasteiger charge is 2.35. The Balaban J connectivity index is 1.26. The number of hydrogen-bond donors (Lipinski definition) is 2. The van der Waals surface area contributed by atoms with Crippen molar-refractivity contribution < 1.29 is 37.4 Å². The van der Waals surface area contributed by atoms with E-state index in [0.29, 0.717) is 18.8 Å². The lowest BCUT2D eigenvalue weighted by molar-refractivity contribution is -0.132. The van der Waals surface area contributed by atoms with Crippen LogP contribution >= 0.6 is 0 Å². The van der Waals surface area contributed by atoms with Crippen molar-refractivity contribution in [2.75, 3.05) is 63.2 Å².